The highest BCUT2D eigenvalue weighted by Gasteiger charge is 2.51. The Morgan fingerprint density at radius 3 is 2.92 bits per heavy atom. The van der Waals surface area contributed by atoms with E-state index in [1.54, 1.807) is 36.3 Å². The molecule has 3 nitrogen and oxygen atoms in total. The predicted octanol–water partition coefficient (Wildman–Crippen LogP) is 5.42. The fourth-order valence-corrected chi connectivity index (χ4v) is 7.18. The lowest BCUT2D eigenvalue weighted by Gasteiger charge is -2.35. The molecular formula is C20H15ClO3S2. The highest BCUT2D eigenvalue weighted by Crippen LogP contribution is 2.57. The molecule has 2 aromatic carbocycles. The van der Waals surface area contributed by atoms with E-state index < -0.39 is 5.60 Å². The van der Waals surface area contributed by atoms with Crippen LogP contribution in [0, 0.1) is 0 Å². The van der Waals surface area contributed by atoms with Crippen molar-refractivity contribution in [1.82, 2.24) is 0 Å². The molecule has 0 amide bonds. The molecule has 2 aliphatic rings. The summed E-state index contributed by atoms with van der Waals surface area (Å²) >= 11 is 9.48. The Morgan fingerprint density at radius 2 is 2.12 bits per heavy atom. The molecular weight excluding hydrogens is 388 g/mol. The number of halogens is 1. The molecule has 26 heavy (non-hydrogen) atoms. The van der Waals surface area contributed by atoms with E-state index in [0.717, 1.165) is 37.3 Å². The average molecular weight is 403 g/mol. The van der Waals surface area contributed by atoms with Gasteiger partial charge in [0.05, 0.1) is 16.9 Å². The molecule has 2 aliphatic heterocycles. The summed E-state index contributed by atoms with van der Waals surface area (Å²) in [5, 5.41) is 1.35. The van der Waals surface area contributed by atoms with Gasteiger partial charge in [0, 0.05) is 32.3 Å². The highest BCUT2D eigenvalue weighted by molar-refractivity contribution is 8.01. The minimum atomic E-state index is -0.656. The maximum absolute atomic E-state index is 13.4. The van der Waals surface area contributed by atoms with Crippen LogP contribution in [0.5, 0.6) is 11.5 Å². The van der Waals surface area contributed by atoms with Crippen molar-refractivity contribution in [2.45, 2.75) is 22.7 Å². The van der Waals surface area contributed by atoms with E-state index in [1.165, 1.54) is 0 Å². The zero-order valence-electron chi connectivity index (χ0n) is 14.2. The van der Waals surface area contributed by atoms with Gasteiger partial charge in [-0.3, -0.25) is 4.79 Å². The van der Waals surface area contributed by atoms with Crippen LogP contribution >= 0.6 is 34.7 Å². The van der Waals surface area contributed by atoms with Crippen LogP contribution in [0.4, 0.5) is 0 Å². The number of fused-ring (bicyclic) bond motifs is 6. The third-order valence-corrected chi connectivity index (χ3v) is 8.03. The maximum atomic E-state index is 13.4. The van der Waals surface area contributed by atoms with Crippen LogP contribution in [-0.2, 0) is 5.60 Å². The van der Waals surface area contributed by atoms with Crippen molar-refractivity contribution >= 4 is 44.8 Å². The highest BCUT2D eigenvalue weighted by atomic mass is 35.5. The average Bonchev–Trinajstić information content (AvgIpc) is 2.92. The summed E-state index contributed by atoms with van der Waals surface area (Å²) in [7, 11) is 1.66. The molecule has 0 fully saturated rings. The minimum absolute atomic E-state index is 0.0462. The first-order chi connectivity index (χ1) is 12.5. The summed E-state index contributed by atoms with van der Waals surface area (Å²) in [4.78, 5) is 13.4. The molecule has 0 unspecified atom stereocenters. The van der Waals surface area contributed by atoms with Gasteiger partial charge in [0.2, 0.25) is 0 Å². The Bertz CT molecular complexity index is 1120. The van der Waals surface area contributed by atoms with Crippen molar-refractivity contribution in [3.63, 3.8) is 0 Å². The summed E-state index contributed by atoms with van der Waals surface area (Å²) in [6, 6.07) is 11.3. The second-order valence-electron chi connectivity index (χ2n) is 6.71. The summed E-state index contributed by atoms with van der Waals surface area (Å²) in [6.07, 6.45) is 0. The number of hydrogen-bond donors (Lipinski definition) is 0. The number of rotatable bonds is 1. The molecule has 0 bridgehead atoms. The van der Waals surface area contributed by atoms with E-state index in [2.05, 4.69) is 0 Å². The quantitative estimate of drug-likeness (QED) is 0.544. The molecule has 1 aromatic heterocycles. The van der Waals surface area contributed by atoms with Crippen LogP contribution < -0.4 is 14.9 Å². The van der Waals surface area contributed by atoms with Crippen LogP contribution in [0.15, 0.2) is 45.4 Å². The van der Waals surface area contributed by atoms with E-state index in [-0.39, 0.29) is 11.3 Å². The second-order valence-corrected chi connectivity index (χ2v) is 9.49. The van der Waals surface area contributed by atoms with Gasteiger partial charge in [-0.05, 0) is 43.3 Å². The van der Waals surface area contributed by atoms with Gasteiger partial charge >= 0.3 is 0 Å². The predicted molar refractivity (Wildman–Crippen MR) is 108 cm³/mol. The molecule has 5 rings (SSSR count). The Labute approximate surface area is 163 Å². The lowest BCUT2D eigenvalue weighted by Crippen LogP contribution is -2.40. The Balaban J connectivity index is 1.75. The number of methoxy groups -OCH3 is 1. The van der Waals surface area contributed by atoms with Crippen LogP contribution in [0.3, 0.4) is 0 Å². The molecule has 2 atom stereocenters. The molecule has 0 N–H and O–H groups in total. The fraction of sp³-hybridized carbons (Fsp3) is 0.250. The topological polar surface area (TPSA) is 35.5 Å². The van der Waals surface area contributed by atoms with Crippen molar-refractivity contribution in [2.75, 3.05) is 12.9 Å². The summed E-state index contributed by atoms with van der Waals surface area (Å²) in [5.41, 5.74) is 1.28. The third-order valence-electron chi connectivity index (χ3n) is 5.28. The Hall–Kier alpha value is -1.69. The number of hydrogen-bond acceptors (Lipinski definition) is 5. The van der Waals surface area contributed by atoms with E-state index in [9.17, 15) is 4.79 Å². The molecule has 0 saturated heterocycles. The number of benzene rings is 2. The first-order valence-corrected chi connectivity index (χ1v) is 10.5. The normalized spacial score (nSPS) is 23.1. The third kappa shape index (κ3) is 2.17. The van der Waals surface area contributed by atoms with Gasteiger partial charge in [-0.1, -0.05) is 11.6 Å². The Kier molecular flexibility index (Phi) is 3.58. The van der Waals surface area contributed by atoms with Crippen molar-refractivity contribution in [3.05, 3.63) is 62.8 Å². The van der Waals surface area contributed by atoms with Gasteiger partial charge in [0.15, 0.2) is 5.43 Å². The fourth-order valence-electron chi connectivity index (χ4n) is 3.92. The molecule has 0 saturated carbocycles. The monoisotopic (exact) mass is 402 g/mol. The van der Waals surface area contributed by atoms with Gasteiger partial charge in [-0.25, -0.2) is 0 Å². The zero-order chi connectivity index (χ0) is 18.1. The van der Waals surface area contributed by atoms with Gasteiger partial charge in [-0.15, -0.1) is 23.1 Å². The Morgan fingerprint density at radius 1 is 1.27 bits per heavy atom. The zero-order valence-corrected chi connectivity index (χ0v) is 16.6. The van der Waals surface area contributed by atoms with E-state index in [0.29, 0.717) is 10.4 Å². The standard InChI is InChI=1S/C20H15ClO3S2/c1-20-14(13-8-11(23-2)4-6-15(13)24-20)9-25-19-17(20)18(22)12-5-3-10(21)7-16(12)26-19/h3-8,14H,9H2,1-2H3/t14-,20+/m1/s1. The van der Waals surface area contributed by atoms with Gasteiger partial charge in [-0.2, -0.15) is 0 Å². The lowest BCUT2D eigenvalue weighted by atomic mass is 9.82. The summed E-state index contributed by atoms with van der Waals surface area (Å²) in [6.45, 7) is 2.04. The van der Waals surface area contributed by atoms with Crippen molar-refractivity contribution in [2.24, 2.45) is 0 Å². The van der Waals surface area contributed by atoms with Crippen LogP contribution in [0.25, 0.3) is 10.1 Å². The second kappa shape index (κ2) is 5.65. The summed E-state index contributed by atoms with van der Waals surface area (Å²) < 4.78 is 13.7. The van der Waals surface area contributed by atoms with Crippen molar-refractivity contribution < 1.29 is 9.47 Å². The molecule has 0 spiro atoms. The van der Waals surface area contributed by atoms with Gasteiger partial charge in [0.25, 0.3) is 0 Å². The molecule has 3 aromatic rings. The number of thioether (sulfide) groups is 1. The molecule has 0 aliphatic carbocycles. The number of ether oxygens (including phenoxy) is 2. The SMILES string of the molecule is COc1ccc2c(c1)[C@H]1CSc3sc4cc(Cl)ccc4c(=O)c3[C@@]1(C)O2. The van der Waals surface area contributed by atoms with Crippen LogP contribution in [-0.4, -0.2) is 12.9 Å². The first kappa shape index (κ1) is 16.5. The molecule has 3 heterocycles. The largest absolute Gasteiger partial charge is 0.497 e. The van der Waals surface area contributed by atoms with E-state index in [1.807, 2.05) is 37.3 Å². The minimum Gasteiger partial charge on any atom is -0.497 e. The lowest BCUT2D eigenvalue weighted by molar-refractivity contribution is 0.0886. The molecule has 132 valence electrons. The molecule has 6 heteroatoms. The van der Waals surface area contributed by atoms with Crippen molar-refractivity contribution in [1.29, 1.82) is 0 Å². The van der Waals surface area contributed by atoms with Crippen molar-refractivity contribution in [3.8, 4) is 11.5 Å². The first-order valence-electron chi connectivity index (χ1n) is 8.28. The van der Waals surface area contributed by atoms with Crippen LogP contribution in [0.1, 0.15) is 24.0 Å². The summed E-state index contributed by atoms with van der Waals surface area (Å²) in [5.74, 6) is 2.64. The van der Waals surface area contributed by atoms with Gasteiger partial charge in [0.1, 0.15) is 17.1 Å². The maximum Gasteiger partial charge on any atom is 0.196 e. The van der Waals surface area contributed by atoms with Crippen LogP contribution in [0.2, 0.25) is 5.02 Å². The van der Waals surface area contributed by atoms with E-state index >= 15 is 0 Å². The molecule has 0 radical (unpaired) electrons. The smallest absolute Gasteiger partial charge is 0.196 e. The van der Waals surface area contributed by atoms with E-state index in [4.69, 9.17) is 21.1 Å². The van der Waals surface area contributed by atoms with Gasteiger partial charge < -0.3 is 9.47 Å².